The van der Waals surface area contributed by atoms with Gasteiger partial charge in [-0.2, -0.15) is 0 Å². The van der Waals surface area contributed by atoms with Crippen molar-refractivity contribution < 1.29 is 19.4 Å². The van der Waals surface area contributed by atoms with E-state index in [-0.39, 0.29) is 42.6 Å². The Labute approximate surface area is 150 Å². The summed E-state index contributed by atoms with van der Waals surface area (Å²) in [4.78, 5) is 25.9. The highest BCUT2D eigenvalue weighted by Gasteiger charge is 2.48. The van der Waals surface area contributed by atoms with Crippen molar-refractivity contribution in [3.63, 3.8) is 0 Å². The van der Waals surface area contributed by atoms with Crippen molar-refractivity contribution in [1.29, 1.82) is 0 Å². The zero-order valence-electron chi connectivity index (χ0n) is 13.1. The van der Waals surface area contributed by atoms with E-state index in [9.17, 15) is 14.7 Å². The number of likely N-dealkylation sites (tertiary alicyclic amines) is 1. The Hall–Kier alpha value is -1.30. The number of rotatable bonds is 5. The predicted molar refractivity (Wildman–Crippen MR) is 90.1 cm³/mol. The van der Waals surface area contributed by atoms with Crippen LogP contribution >= 0.6 is 23.2 Å². The summed E-state index contributed by atoms with van der Waals surface area (Å²) in [5.41, 5.74) is 0. The van der Waals surface area contributed by atoms with Gasteiger partial charge in [0.25, 0.3) is 0 Å². The maximum absolute atomic E-state index is 12.4. The lowest BCUT2D eigenvalue weighted by atomic mass is 9.81. The number of para-hydroxylation sites is 1. The second-order valence-electron chi connectivity index (χ2n) is 6.30. The van der Waals surface area contributed by atoms with Gasteiger partial charge in [-0.05, 0) is 25.0 Å². The molecule has 1 aliphatic heterocycles. The summed E-state index contributed by atoms with van der Waals surface area (Å²) in [6, 6.07) is 4.96. The molecule has 1 heterocycles. The number of hydrogen-bond donors (Lipinski definition) is 1. The summed E-state index contributed by atoms with van der Waals surface area (Å²) >= 11 is 12.0. The fourth-order valence-electron chi connectivity index (χ4n) is 3.47. The molecular formula is C17H19Cl2NO4. The Kier molecular flexibility index (Phi) is 5.33. The smallest absolute Gasteiger partial charge is 0.233 e. The lowest BCUT2D eigenvalue weighted by Gasteiger charge is -2.20. The van der Waals surface area contributed by atoms with Crippen LogP contribution in [0.25, 0.3) is 0 Å². The minimum absolute atomic E-state index is 0.0628. The Morgan fingerprint density at radius 1 is 1.12 bits per heavy atom. The van der Waals surface area contributed by atoms with E-state index in [1.165, 1.54) is 4.90 Å². The molecule has 2 amide bonds. The number of carbonyl (C=O) groups excluding carboxylic acids is 2. The Morgan fingerprint density at radius 2 is 1.67 bits per heavy atom. The molecule has 5 nitrogen and oxygen atoms in total. The number of benzene rings is 1. The van der Waals surface area contributed by atoms with Gasteiger partial charge in [-0.1, -0.05) is 42.1 Å². The highest BCUT2D eigenvalue weighted by molar-refractivity contribution is 6.37. The molecule has 0 radical (unpaired) electrons. The van der Waals surface area contributed by atoms with E-state index < -0.39 is 6.10 Å². The van der Waals surface area contributed by atoms with Crippen molar-refractivity contribution in [2.45, 2.75) is 31.8 Å². The first-order valence-electron chi connectivity index (χ1n) is 8.09. The van der Waals surface area contributed by atoms with E-state index in [0.29, 0.717) is 10.0 Å². The molecule has 7 heteroatoms. The summed E-state index contributed by atoms with van der Waals surface area (Å²) in [6.45, 7) is -0.164. The molecule has 130 valence electrons. The lowest BCUT2D eigenvalue weighted by Crippen LogP contribution is -2.40. The molecule has 1 saturated heterocycles. The molecular weight excluding hydrogens is 353 g/mol. The maximum Gasteiger partial charge on any atom is 0.233 e. The van der Waals surface area contributed by atoms with Crippen molar-refractivity contribution in [2.75, 3.05) is 13.2 Å². The number of nitrogens with zero attached hydrogens (tertiary/aromatic N) is 1. The number of β-amino-alcohol motifs (C(OH)–C–C–N with tert-alkyl or cyclic N) is 1. The van der Waals surface area contributed by atoms with Crippen LogP contribution < -0.4 is 4.74 Å². The number of aliphatic hydroxyl groups is 1. The van der Waals surface area contributed by atoms with Gasteiger partial charge in [0, 0.05) is 0 Å². The number of hydrogen-bond acceptors (Lipinski definition) is 4. The summed E-state index contributed by atoms with van der Waals surface area (Å²) in [5, 5.41) is 10.8. The molecule has 1 saturated carbocycles. The summed E-state index contributed by atoms with van der Waals surface area (Å²) in [5.74, 6) is -0.471. The highest BCUT2D eigenvalue weighted by atomic mass is 35.5. The predicted octanol–water partition coefficient (Wildman–Crippen LogP) is 2.91. The van der Waals surface area contributed by atoms with Gasteiger partial charge in [0.1, 0.15) is 12.7 Å². The second kappa shape index (κ2) is 7.30. The molecule has 0 aromatic heterocycles. The molecule has 3 rings (SSSR count). The van der Waals surface area contributed by atoms with E-state index in [4.69, 9.17) is 27.9 Å². The van der Waals surface area contributed by atoms with E-state index in [2.05, 4.69) is 0 Å². The Morgan fingerprint density at radius 3 is 2.21 bits per heavy atom. The third kappa shape index (κ3) is 3.39. The number of ether oxygens (including phenoxy) is 1. The van der Waals surface area contributed by atoms with Crippen LogP contribution in [0.2, 0.25) is 10.0 Å². The van der Waals surface area contributed by atoms with Gasteiger partial charge in [-0.25, -0.2) is 0 Å². The van der Waals surface area contributed by atoms with Crippen LogP contribution in [0.15, 0.2) is 18.2 Å². The van der Waals surface area contributed by atoms with Crippen molar-refractivity contribution in [2.24, 2.45) is 11.8 Å². The van der Waals surface area contributed by atoms with Gasteiger partial charge in [0.2, 0.25) is 11.8 Å². The summed E-state index contributed by atoms with van der Waals surface area (Å²) in [7, 11) is 0. The quantitative estimate of drug-likeness (QED) is 0.808. The minimum atomic E-state index is -0.995. The van der Waals surface area contributed by atoms with Crippen molar-refractivity contribution in [3.8, 4) is 5.75 Å². The standard InChI is InChI=1S/C17H19Cl2NO4/c18-13-6-3-7-14(19)15(13)24-9-10(21)8-20-16(22)11-4-1-2-5-12(11)17(20)23/h3,6-7,10-12,21H,1-2,4-5,8-9H2/t10-,11-,12+/m1/s1. The first kappa shape index (κ1) is 17.5. The number of amides is 2. The fourth-order valence-corrected chi connectivity index (χ4v) is 3.98. The molecule has 0 bridgehead atoms. The van der Waals surface area contributed by atoms with Crippen LogP contribution in [0, 0.1) is 11.8 Å². The van der Waals surface area contributed by atoms with Gasteiger partial charge in [0.05, 0.1) is 28.4 Å². The molecule has 2 fully saturated rings. The lowest BCUT2D eigenvalue weighted by molar-refractivity contribution is -0.141. The topological polar surface area (TPSA) is 66.8 Å². The highest BCUT2D eigenvalue weighted by Crippen LogP contribution is 2.38. The van der Waals surface area contributed by atoms with Gasteiger partial charge in [0.15, 0.2) is 5.75 Å². The van der Waals surface area contributed by atoms with Gasteiger partial charge >= 0.3 is 0 Å². The number of aliphatic hydroxyl groups excluding tert-OH is 1. The number of fused-ring (bicyclic) bond motifs is 1. The van der Waals surface area contributed by atoms with E-state index >= 15 is 0 Å². The summed E-state index contributed by atoms with van der Waals surface area (Å²) < 4.78 is 5.47. The fraction of sp³-hybridized carbons (Fsp3) is 0.529. The largest absolute Gasteiger partial charge is 0.488 e. The molecule has 1 aliphatic carbocycles. The van der Waals surface area contributed by atoms with Crippen LogP contribution in [0.3, 0.4) is 0 Å². The van der Waals surface area contributed by atoms with Crippen molar-refractivity contribution in [1.82, 2.24) is 4.90 Å². The van der Waals surface area contributed by atoms with Crippen molar-refractivity contribution >= 4 is 35.0 Å². The molecule has 0 unspecified atom stereocenters. The van der Waals surface area contributed by atoms with Gasteiger partial charge in [-0.15, -0.1) is 0 Å². The van der Waals surface area contributed by atoms with Crippen molar-refractivity contribution in [3.05, 3.63) is 28.2 Å². The van der Waals surface area contributed by atoms with E-state index in [1.807, 2.05) is 0 Å². The van der Waals surface area contributed by atoms with Crippen LogP contribution in [-0.2, 0) is 9.59 Å². The molecule has 3 atom stereocenters. The molecule has 1 aromatic rings. The number of carbonyl (C=O) groups is 2. The van der Waals surface area contributed by atoms with Crippen LogP contribution in [-0.4, -0.2) is 41.1 Å². The SMILES string of the molecule is O=C1[C@H]2CCCC[C@H]2C(=O)N1C[C@@H](O)COc1c(Cl)cccc1Cl. The third-order valence-corrected chi connectivity index (χ3v) is 5.26. The van der Waals surface area contributed by atoms with E-state index in [0.717, 1.165) is 25.7 Å². The van der Waals surface area contributed by atoms with Crippen LogP contribution in [0.5, 0.6) is 5.75 Å². The zero-order valence-corrected chi connectivity index (χ0v) is 14.6. The van der Waals surface area contributed by atoms with Crippen LogP contribution in [0.1, 0.15) is 25.7 Å². The number of halogens is 2. The van der Waals surface area contributed by atoms with Gasteiger partial charge in [-0.3, -0.25) is 14.5 Å². The number of imide groups is 1. The normalized spacial score (nSPS) is 24.9. The monoisotopic (exact) mass is 371 g/mol. The molecule has 2 aliphatic rings. The average molecular weight is 372 g/mol. The zero-order chi connectivity index (χ0) is 17.3. The van der Waals surface area contributed by atoms with Crippen LogP contribution in [0.4, 0.5) is 0 Å². The maximum atomic E-state index is 12.4. The van der Waals surface area contributed by atoms with E-state index in [1.54, 1.807) is 18.2 Å². The van der Waals surface area contributed by atoms with Gasteiger partial charge < -0.3 is 9.84 Å². The summed E-state index contributed by atoms with van der Waals surface area (Å²) in [6.07, 6.45) is 2.47. The molecule has 1 N–H and O–H groups in total. The molecule has 1 aromatic carbocycles. The first-order chi connectivity index (χ1) is 11.5. The molecule has 0 spiro atoms. The minimum Gasteiger partial charge on any atom is -0.488 e. The third-order valence-electron chi connectivity index (χ3n) is 4.66. The molecule has 24 heavy (non-hydrogen) atoms. The first-order valence-corrected chi connectivity index (χ1v) is 8.84. The average Bonchev–Trinajstić information content (AvgIpc) is 2.80. The second-order valence-corrected chi connectivity index (χ2v) is 7.11. The Bertz CT molecular complexity index is 607. The Balaban J connectivity index is 1.60.